The van der Waals surface area contributed by atoms with Crippen LogP contribution >= 0.6 is 0 Å². The molecule has 1 aromatic heterocycles. The van der Waals surface area contributed by atoms with Gasteiger partial charge in [0.15, 0.2) is 5.69 Å². The number of aromatic nitrogens is 3. The number of nitrogens with zero attached hydrogens (tertiary/aromatic N) is 3. The van der Waals surface area contributed by atoms with E-state index in [4.69, 9.17) is 10.2 Å². The summed E-state index contributed by atoms with van der Waals surface area (Å²) in [5, 5.41) is 25.6. The van der Waals surface area contributed by atoms with Crippen molar-refractivity contribution in [2.75, 3.05) is 6.61 Å². The van der Waals surface area contributed by atoms with Crippen molar-refractivity contribution in [3.8, 4) is 11.3 Å². The van der Waals surface area contributed by atoms with Crippen molar-refractivity contribution in [2.45, 2.75) is 19.9 Å². The summed E-state index contributed by atoms with van der Waals surface area (Å²) in [6.45, 7) is 2.39. The summed E-state index contributed by atoms with van der Waals surface area (Å²) < 4.78 is 1.52. The van der Waals surface area contributed by atoms with E-state index in [1.165, 1.54) is 4.68 Å². The van der Waals surface area contributed by atoms with Gasteiger partial charge in [0, 0.05) is 18.7 Å². The summed E-state index contributed by atoms with van der Waals surface area (Å²) >= 11 is 0. The van der Waals surface area contributed by atoms with Gasteiger partial charge in [-0.1, -0.05) is 29.0 Å². The fourth-order valence-electron chi connectivity index (χ4n) is 1.91. The second-order valence-electron chi connectivity index (χ2n) is 4.26. The van der Waals surface area contributed by atoms with E-state index < -0.39 is 5.97 Å². The minimum absolute atomic E-state index is 0.0233. The van der Waals surface area contributed by atoms with Crippen LogP contribution in [0.15, 0.2) is 24.3 Å². The van der Waals surface area contributed by atoms with Gasteiger partial charge >= 0.3 is 5.97 Å². The van der Waals surface area contributed by atoms with Crippen molar-refractivity contribution < 1.29 is 15.0 Å². The second-order valence-corrected chi connectivity index (χ2v) is 4.26. The Balaban J connectivity index is 2.51. The molecule has 2 aromatic rings. The van der Waals surface area contributed by atoms with Crippen LogP contribution in [0.5, 0.6) is 0 Å². The molecular weight excluding hydrogens is 246 g/mol. The molecular formula is C13H15N3O3. The van der Waals surface area contributed by atoms with Crippen molar-refractivity contribution >= 4 is 5.97 Å². The molecule has 6 nitrogen and oxygen atoms in total. The summed E-state index contributed by atoms with van der Waals surface area (Å²) in [4.78, 5) is 11.2. The third-order valence-corrected chi connectivity index (χ3v) is 2.76. The highest BCUT2D eigenvalue weighted by Crippen LogP contribution is 2.23. The zero-order valence-corrected chi connectivity index (χ0v) is 10.6. The Hall–Kier alpha value is -2.21. The predicted octanol–water partition coefficient (Wildman–Crippen LogP) is 1.33. The highest BCUT2D eigenvalue weighted by Gasteiger charge is 2.20. The molecule has 0 aliphatic rings. The first-order valence-electron chi connectivity index (χ1n) is 5.98. The van der Waals surface area contributed by atoms with Crippen LogP contribution < -0.4 is 0 Å². The number of hydrogen-bond donors (Lipinski definition) is 2. The lowest BCUT2D eigenvalue weighted by atomic mass is 10.1. The number of rotatable bonds is 5. The first-order valence-corrected chi connectivity index (χ1v) is 5.98. The zero-order valence-electron chi connectivity index (χ0n) is 10.6. The summed E-state index contributed by atoms with van der Waals surface area (Å²) in [7, 11) is 0. The molecule has 100 valence electrons. The van der Waals surface area contributed by atoms with Crippen molar-refractivity contribution in [2.24, 2.45) is 0 Å². The third-order valence-electron chi connectivity index (χ3n) is 2.76. The molecule has 19 heavy (non-hydrogen) atoms. The van der Waals surface area contributed by atoms with Gasteiger partial charge in [-0.3, -0.25) is 0 Å². The van der Waals surface area contributed by atoms with Gasteiger partial charge in [-0.2, -0.15) is 0 Å². The number of carboxylic acids is 1. The second kappa shape index (κ2) is 5.62. The summed E-state index contributed by atoms with van der Waals surface area (Å²) in [5.41, 5.74) is 2.21. The van der Waals surface area contributed by atoms with Gasteiger partial charge in [-0.05, 0) is 19.4 Å². The highest BCUT2D eigenvalue weighted by atomic mass is 16.4. The first kappa shape index (κ1) is 13.2. The molecule has 0 aliphatic heterocycles. The number of aromatic carboxylic acids is 1. The van der Waals surface area contributed by atoms with E-state index >= 15 is 0 Å². The quantitative estimate of drug-likeness (QED) is 0.847. The smallest absolute Gasteiger partial charge is 0.358 e. The maximum Gasteiger partial charge on any atom is 0.358 e. The van der Waals surface area contributed by atoms with Gasteiger partial charge in [0.2, 0.25) is 0 Å². The van der Waals surface area contributed by atoms with Crippen LogP contribution in [-0.2, 0) is 6.54 Å². The SMILES string of the molecule is Cc1cccc(-c2c(C(=O)O)nnn2CCCO)c1. The normalized spacial score (nSPS) is 10.6. The molecule has 0 amide bonds. The van der Waals surface area contributed by atoms with Crippen molar-refractivity contribution in [1.82, 2.24) is 15.0 Å². The molecule has 1 aromatic carbocycles. The van der Waals surface area contributed by atoms with E-state index in [0.717, 1.165) is 11.1 Å². The number of hydrogen-bond acceptors (Lipinski definition) is 4. The summed E-state index contributed by atoms with van der Waals surface area (Å²) in [6.07, 6.45) is 0.501. The fraction of sp³-hybridized carbons (Fsp3) is 0.308. The van der Waals surface area contributed by atoms with Crippen LogP contribution in [0.4, 0.5) is 0 Å². The number of carbonyl (C=O) groups is 1. The first-order chi connectivity index (χ1) is 9.13. The van der Waals surface area contributed by atoms with Crippen molar-refractivity contribution in [1.29, 1.82) is 0 Å². The number of aliphatic hydroxyl groups is 1. The van der Waals surface area contributed by atoms with E-state index in [1.807, 2.05) is 31.2 Å². The maximum atomic E-state index is 11.2. The fourth-order valence-corrected chi connectivity index (χ4v) is 1.91. The van der Waals surface area contributed by atoms with E-state index in [2.05, 4.69) is 10.3 Å². The molecule has 2 N–H and O–H groups in total. The molecule has 0 bridgehead atoms. The molecule has 0 unspecified atom stereocenters. The lowest BCUT2D eigenvalue weighted by molar-refractivity contribution is 0.0691. The predicted molar refractivity (Wildman–Crippen MR) is 68.9 cm³/mol. The molecule has 0 atom stereocenters. The Morgan fingerprint density at radius 2 is 2.21 bits per heavy atom. The minimum Gasteiger partial charge on any atom is -0.476 e. The Morgan fingerprint density at radius 3 is 2.84 bits per heavy atom. The number of aryl methyl sites for hydroxylation is 2. The summed E-state index contributed by atoms with van der Waals surface area (Å²) in [6, 6.07) is 7.51. The van der Waals surface area contributed by atoms with Crippen LogP contribution in [0, 0.1) is 6.92 Å². The number of benzene rings is 1. The Kier molecular flexibility index (Phi) is 3.91. The lowest BCUT2D eigenvalue weighted by Crippen LogP contribution is -2.06. The number of carboxylic acid groups (broad SMARTS) is 1. The van der Waals surface area contributed by atoms with Gasteiger partial charge in [0.25, 0.3) is 0 Å². The molecule has 2 rings (SSSR count). The van der Waals surface area contributed by atoms with Crippen LogP contribution in [0.2, 0.25) is 0 Å². The average Bonchev–Trinajstić information content (AvgIpc) is 2.80. The average molecular weight is 261 g/mol. The van der Waals surface area contributed by atoms with E-state index in [-0.39, 0.29) is 12.3 Å². The van der Waals surface area contributed by atoms with Crippen LogP contribution in [0.25, 0.3) is 11.3 Å². The molecule has 0 spiro atoms. The largest absolute Gasteiger partial charge is 0.476 e. The molecule has 0 saturated carbocycles. The van der Waals surface area contributed by atoms with Gasteiger partial charge < -0.3 is 10.2 Å². The third kappa shape index (κ3) is 2.79. The van der Waals surface area contributed by atoms with Gasteiger partial charge in [-0.25, -0.2) is 9.48 Å². The highest BCUT2D eigenvalue weighted by molar-refractivity contribution is 5.92. The monoisotopic (exact) mass is 261 g/mol. The minimum atomic E-state index is -1.10. The van der Waals surface area contributed by atoms with Crippen molar-refractivity contribution in [3.63, 3.8) is 0 Å². The van der Waals surface area contributed by atoms with Gasteiger partial charge in [0.05, 0.1) is 0 Å². The molecule has 0 radical (unpaired) electrons. The Morgan fingerprint density at radius 1 is 1.42 bits per heavy atom. The van der Waals surface area contributed by atoms with Crippen molar-refractivity contribution in [3.05, 3.63) is 35.5 Å². The van der Waals surface area contributed by atoms with Gasteiger partial charge in [-0.15, -0.1) is 5.10 Å². The van der Waals surface area contributed by atoms with Crippen LogP contribution in [0.1, 0.15) is 22.5 Å². The maximum absolute atomic E-state index is 11.2. The molecule has 0 saturated heterocycles. The topological polar surface area (TPSA) is 88.2 Å². The standard InChI is InChI=1S/C13H15N3O3/c1-9-4-2-5-10(8-9)12-11(13(18)19)14-15-16(12)6-3-7-17/h2,4-5,8,17H,3,6-7H2,1H3,(H,18,19). The van der Waals surface area contributed by atoms with E-state index in [1.54, 1.807) is 0 Å². The zero-order chi connectivity index (χ0) is 13.8. The Bertz CT molecular complexity index is 593. The molecule has 1 heterocycles. The van der Waals surface area contributed by atoms with Gasteiger partial charge in [0.1, 0.15) is 5.69 Å². The van der Waals surface area contributed by atoms with E-state index in [0.29, 0.717) is 18.7 Å². The number of aliphatic hydroxyl groups excluding tert-OH is 1. The van der Waals surface area contributed by atoms with Crippen LogP contribution in [-0.4, -0.2) is 37.8 Å². The van der Waals surface area contributed by atoms with E-state index in [9.17, 15) is 4.79 Å². The Labute approximate surface area is 110 Å². The lowest BCUT2D eigenvalue weighted by Gasteiger charge is -2.07. The summed E-state index contributed by atoms with van der Waals surface area (Å²) in [5.74, 6) is -1.10. The van der Waals surface area contributed by atoms with Crippen LogP contribution in [0.3, 0.4) is 0 Å². The molecule has 0 aliphatic carbocycles. The molecule has 0 fully saturated rings. The molecule has 6 heteroatoms.